The third kappa shape index (κ3) is 4.31. The predicted octanol–water partition coefficient (Wildman–Crippen LogP) is 3.47. The van der Waals surface area contributed by atoms with Crippen molar-refractivity contribution >= 4 is 5.78 Å². The van der Waals surface area contributed by atoms with E-state index in [1.54, 1.807) is 0 Å². The Bertz CT molecular complexity index is 476. The molecule has 0 radical (unpaired) electrons. The second-order valence-corrected chi connectivity index (χ2v) is 6.27. The number of piperidine rings is 1. The first-order valence-electron chi connectivity index (χ1n) is 8.12. The normalized spacial score (nSPS) is 16.2. The molecule has 0 saturated carbocycles. The number of benzene rings is 1. The van der Waals surface area contributed by atoms with E-state index in [2.05, 4.69) is 26.1 Å². The Kier molecular flexibility index (Phi) is 5.80. The van der Waals surface area contributed by atoms with Gasteiger partial charge in [-0.2, -0.15) is 0 Å². The molecule has 1 aliphatic rings. The van der Waals surface area contributed by atoms with Gasteiger partial charge in [0.1, 0.15) is 5.75 Å². The van der Waals surface area contributed by atoms with Gasteiger partial charge in [0, 0.05) is 11.5 Å². The van der Waals surface area contributed by atoms with Crippen LogP contribution in [0.2, 0.25) is 0 Å². The maximum atomic E-state index is 12.7. The molecule has 0 amide bonds. The number of Topliss-reactive ketones (excluding diaryl/α,β-unsaturated/α-hetero) is 1. The quantitative estimate of drug-likeness (QED) is 0.815. The third-order valence-corrected chi connectivity index (χ3v) is 4.02. The molecule has 1 fully saturated rings. The lowest BCUT2D eigenvalue weighted by atomic mass is 9.87. The number of ether oxygens (including phenoxy) is 1. The van der Waals surface area contributed by atoms with Crippen LogP contribution in [-0.4, -0.2) is 25.5 Å². The zero-order valence-electron chi connectivity index (χ0n) is 13.4. The molecule has 1 N–H and O–H groups in total. The maximum Gasteiger partial charge on any atom is 0.166 e. The Hall–Kier alpha value is -1.35. The van der Waals surface area contributed by atoms with Crippen LogP contribution in [-0.2, 0) is 6.42 Å². The fraction of sp³-hybridized carbons (Fsp3) is 0.611. The molecule has 21 heavy (non-hydrogen) atoms. The molecule has 1 aromatic carbocycles. The highest BCUT2D eigenvalue weighted by atomic mass is 16.5. The predicted molar refractivity (Wildman–Crippen MR) is 86.1 cm³/mol. The molecule has 1 saturated heterocycles. The highest BCUT2D eigenvalue weighted by molar-refractivity contribution is 5.99. The summed E-state index contributed by atoms with van der Waals surface area (Å²) < 4.78 is 5.77. The Morgan fingerprint density at radius 3 is 2.67 bits per heavy atom. The first-order chi connectivity index (χ1) is 10.1. The van der Waals surface area contributed by atoms with E-state index in [0.717, 1.165) is 49.2 Å². The van der Waals surface area contributed by atoms with E-state index in [4.69, 9.17) is 4.74 Å². The molecule has 116 valence electrons. The van der Waals surface area contributed by atoms with Crippen LogP contribution in [0, 0.1) is 11.8 Å². The Morgan fingerprint density at radius 1 is 1.33 bits per heavy atom. The van der Waals surface area contributed by atoms with Crippen LogP contribution < -0.4 is 10.1 Å². The molecule has 3 heteroatoms. The number of rotatable bonds is 6. The highest BCUT2D eigenvalue weighted by Crippen LogP contribution is 2.24. The van der Waals surface area contributed by atoms with E-state index in [1.165, 1.54) is 0 Å². The minimum Gasteiger partial charge on any atom is -0.493 e. The Balaban J connectivity index is 2.13. The molecule has 2 rings (SSSR count). The van der Waals surface area contributed by atoms with Gasteiger partial charge in [-0.1, -0.05) is 20.8 Å². The summed E-state index contributed by atoms with van der Waals surface area (Å²) in [4.78, 5) is 12.7. The van der Waals surface area contributed by atoms with Gasteiger partial charge >= 0.3 is 0 Å². The van der Waals surface area contributed by atoms with E-state index < -0.39 is 0 Å². The Labute approximate surface area is 128 Å². The number of hydrogen-bond acceptors (Lipinski definition) is 3. The van der Waals surface area contributed by atoms with Crippen molar-refractivity contribution in [2.75, 3.05) is 19.7 Å². The van der Waals surface area contributed by atoms with E-state index in [9.17, 15) is 4.79 Å². The van der Waals surface area contributed by atoms with Crippen molar-refractivity contribution in [3.63, 3.8) is 0 Å². The third-order valence-electron chi connectivity index (χ3n) is 4.02. The van der Waals surface area contributed by atoms with Gasteiger partial charge in [-0.3, -0.25) is 4.79 Å². The highest BCUT2D eigenvalue weighted by Gasteiger charge is 2.23. The number of nitrogens with one attached hydrogen (secondary N) is 1. The fourth-order valence-corrected chi connectivity index (χ4v) is 2.76. The Morgan fingerprint density at radius 2 is 2.05 bits per heavy atom. The lowest BCUT2D eigenvalue weighted by Gasteiger charge is -2.22. The first-order valence-corrected chi connectivity index (χ1v) is 8.12. The molecule has 1 aliphatic heterocycles. The summed E-state index contributed by atoms with van der Waals surface area (Å²) in [5, 5.41) is 3.31. The lowest BCUT2D eigenvalue weighted by molar-refractivity contribution is 0.0894. The molecule has 0 aliphatic carbocycles. The van der Waals surface area contributed by atoms with Crippen molar-refractivity contribution in [3.8, 4) is 5.75 Å². The largest absolute Gasteiger partial charge is 0.493 e. The smallest absolute Gasteiger partial charge is 0.166 e. The van der Waals surface area contributed by atoms with E-state index in [-0.39, 0.29) is 5.92 Å². The van der Waals surface area contributed by atoms with Crippen molar-refractivity contribution in [1.29, 1.82) is 0 Å². The maximum absolute atomic E-state index is 12.7. The van der Waals surface area contributed by atoms with Crippen LogP contribution in [0.25, 0.3) is 0 Å². The molecule has 0 unspecified atom stereocenters. The zero-order chi connectivity index (χ0) is 15.2. The molecule has 0 bridgehead atoms. The standard InChI is InChI=1S/C18H27NO2/c1-4-14-11-16(21-12-13(2)3)5-6-17(14)18(20)15-7-9-19-10-8-15/h5-6,11,13,15,19H,4,7-10,12H2,1-3H3. The average Bonchev–Trinajstić information content (AvgIpc) is 2.52. The zero-order valence-corrected chi connectivity index (χ0v) is 13.4. The van der Waals surface area contributed by atoms with Crippen LogP contribution in [0.1, 0.15) is 49.5 Å². The number of carbonyl (C=O) groups is 1. The second-order valence-electron chi connectivity index (χ2n) is 6.27. The average molecular weight is 289 g/mol. The van der Waals surface area contributed by atoms with Gasteiger partial charge in [-0.25, -0.2) is 0 Å². The van der Waals surface area contributed by atoms with E-state index in [1.807, 2.05) is 18.2 Å². The minimum atomic E-state index is 0.180. The summed E-state index contributed by atoms with van der Waals surface area (Å²) in [5.74, 6) is 1.87. The second kappa shape index (κ2) is 7.60. The SMILES string of the molecule is CCc1cc(OCC(C)C)ccc1C(=O)C1CCNCC1. The van der Waals surface area contributed by atoms with E-state index in [0.29, 0.717) is 18.3 Å². The number of ketones is 1. The lowest BCUT2D eigenvalue weighted by Crippen LogP contribution is -2.32. The van der Waals surface area contributed by atoms with Crippen LogP contribution in [0.5, 0.6) is 5.75 Å². The topological polar surface area (TPSA) is 38.3 Å². The number of aryl methyl sites for hydroxylation is 1. The van der Waals surface area contributed by atoms with Gasteiger partial charge in [-0.15, -0.1) is 0 Å². The van der Waals surface area contributed by atoms with Crippen molar-refractivity contribution < 1.29 is 9.53 Å². The summed E-state index contributed by atoms with van der Waals surface area (Å²) >= 11 is 0. The molecule has 0 aromatic heterocycles. The number of hydrogen-bond donors (Lipinski definition) is 1. The van der Waals surface area contributed by atoms with Gasteiger partial charge in [-0.05, 0) is 62.0 Å². The minimum absolute atomic E-state index is 0.180. The summed E-state index contributed by atoms with van der Waals surface area (Å²) in [6.45, 7) is 8.98. The molecular weight excluding hydrogens is 262 g/mol. The molecule has 1 aromatic rings. The molecule has 0 atom stereocenters. The van der Waals surface area contributed by atoms with Gasteiger partial charge < -0.3 is 10.1 Å². The van der Waals surface area contributed by atoms with Crippen LogP contribution in [0.3, 0.4) is 0 Å². The van der Waals surface area contributed by atoms with Crippen molar-refractivity contribution in [2.45, 2.75) is 40.0 Å². The summed E-state index contributed by atoms with van der Waals surface area (Å²) in [6.07, 6.45) is 2.77. The summed E-state index contributed by atoms with van der Waals surface area (Å²) in [6, 6.07) is 5.94. The van der Waals surface area contributed by atoms with Gasteiger partial charge in [0.05, 0.1) is 6.61 Å². The van der Waals surface area contributed by atoms with Gasteiger partial charge in [0.2, 0.25) is 0 Å². The molecule has 0 spiro atoms. The van der Waals surface area contributed by atoms with Crippen molar-refractivity contribution in [1.82, 2.24) is 5.32 Å². The van der Waals surface area contributed by atoms with Crippen LogP contribution in [0.15, 0.2) is 18.2 Å². The van der Waals surface area contributed by atoms with Crippen molar-refractivity contribution in [2.24, 2.45) is 11.8 Å². The fourth-order valence-electron chi connectivity index (χ4n) is 2.76. The molecule has 1 heterocycles. The van der Waals surface area contributed by atoms with Crippen LogP contribution in [0.4, 0.5) is 0 Å². The molecular formula is C18H27NO2. The summed E-state index contributed by atoms with van der Waals surface area (Å²) in [7, 11) is 0. The van der Waals surface area contributed by atoms with Gasteiger partial charge in [0.25, 0.3) is 0 Å². The summed E-state index contributed by atoms with van der Waals surface area (Å²) in [5.41, 5.74) is 2.00. The number of carbonyl (C=O) groups excluding carboxylic acids is 1. The van der Waals surface area contributed by atoms with E-state index >= 15 is 0 Å². The van der Waals surface area contributed by atoms with Crippen LogP contribution >= 0.6 is 0 Å². The van der Waals surface area contributed by atoms with Crippen molar-refractivity contribution in [3.05, 3.63) is 29.3 Å². The monoisotopic (exact) mass is 289 g/mol. The molecule has 3 nitrogen and oxygen atoms in total. The van der Waals surface area contributed by atoms with Gasteiger partial charge in [0.15, 0.2) is 5.78 Å². The first kappa shape index (κ1) is 16.0.